The average molecular weight is 297 g/mol. The van der Waals surface area contributed by atoms with Crippen molar-refractivity contribution >= 4 is 24.8 Å². The summed E-state index contributed by atoms with van der Waals surface area (Å²) in [5, 5.41) is 3.48. The van der Waals surface area contributed by atoms with Crippen LogP contribution in [0.4, 0.5) is 0 Å². The van der Waals surface area contributed by atoms with Gasteiger partial charge in [0.15, 0.2) is 0 Å². The third-order valence-corrected chi connectivity index (χ3v) is 4.96. The van der Waals surface area contributed by atoms with Crippen molar-refractivity contribution in [2.75, 3.05) is 39.4 Å². The molecule has 0 aromatic heterocycles. The van der Waals surface area contributed by atoms with Crippen molar-refractivity contribution in [3.8, 4) is 0 Å². The summed E-state index contributed by atoms with van der Waals surface area (Å²) >= 11 is 0. The average Bonchev–Trinajstić information content (AvgIpc) is 2.85. The SMILES string of the molecule is C1C[C@@H](N2CCC3(CCOCC3)CC2)CN1.Cl.Cl. The summed E-state index contributed by atoms with van der Waals surface area (Å²) < 4.78 is 5.50. The maximum Gasteiger partial charge on any atom is 0.0471 e. The molecule has 3 nitrogen and oxygen atoms in total. The van der Waals surface area contributed by atoms with E-state index in [-0.39, 0.29) is 24.8 Å². The van der Waals surface area contributed by atoms with Crippen LogP contribution in [0.2, 0.25) is 0 Å². The van der Waals surface area contributed by atoms with Crippen LogP contribution in [-0.4, -0.2) is 50.3 Å². The van der Waals surface area contributed by atoms with Gasteiger partial charge in [0.05, 0.1) is 0 Å². The van der Waals surface area contributed by atoms with Crippen LogP contribution in [0.3, 0.4) is 0 Å². The second-order valence-electron chi connectivity index (χ2n) is 5.79. The van der Waals surface area contributed by atoms with E-state index in [1.807, 2.05) is 0 Å². The topological polar surface area (TPSA) is 24.5 Å². The van der Waals surface area contributed by atoms with Crippen molar-refractivity contribution in [3.63, 3.8) is 0 Å². The lowest BCUT2D eigenvalue weighted by Crippen LogP contribution is -2.47. The Bertz CT molecular complexity index is 231. The molecule has 3 heterocycles. The number of ether oxygens (including phenoxy) is 1. The molecular weight excluding hydrogens is 271 g/mol. The van der Waals surface area contributed by atoms with E-state index in [1.54, 1.807) is 0 Å². The van der Waals surface area contributed by atoms with Gasteiger partial charge in [0.25, 0.3) is 0 Å². The van der Waals surface area contributed by atoms with E-state index in [1.165, 1.54) is 58.3 Å². The molecule has 1 N–H and O–H groups in total. The van der Waals surface area contributed by atoms with Gasteiger partial charge in [-0.15, -0.1) is 24.8 Å². The molecule has 1 spiro atoms. The number of halogens is 2. The van der Waals surface area contributed by atoms with Crippen molar-refractivity contribution in [1.29, 1.82) is 0 Å². The van der Waals surface area contributed by atoms with Crippen molar-refractivity contribution in [2.45, 2.75) is 38.1 Å². The van der Waals surface area contributed by atoms with Gasteiger partial charge in [-0.3, -0.25) is 4.90 Å². The molecule has 0 radical (unpaired) electrons. The van der Waals surface area contributed by atoms with Crippen LogP contribution in [-0.2, 0) is 4.74 Å². The minimum Gasteiger partial charge on any atom is -0.381 e. The highest BCUT2D eigenvalue weighted by atomic mass is 35.5. The summed E-state index contributed by atoms with van der Waals surface area (Å²) in [5.74, 6) is 0. The lowest BCUT2D eigenvalue weighted by atomic mass is 9.72. The fourth-order valence-corrected chi connectivity index (χ4v) is 3.62. The Morgan fingerprint density at radius 3 is 2.22 bits per heavy atom. The molecular formula is C13H26Cl2N2O. The molecule has 3 saturated heterocycles. The second kappa shape index (κ2) is 7.30. The molecule has 3 aliphatic rings. The van der Waals surface area contributed by atoms with Crippen LogP contribution in [0.15, 0.2) is 0 Å². The van der Waals surface area contributed by atoms with Gasteiger partial charge >= 0.3 is 0 Å². The molecule has 0 amide bonds. The van der Waals surface area contributed by atoms with Crippen LogP contribution in [0, 0.1) is 5.41 Å². The molecule has 0 aliphatic carbocycles. The quantitative estimate of drug-likeness (QED) is 0.802. The monoisotopic (exact) mass is 296 g/mol. The van der Waals surface area contributed by atoms with Crippen LogP contribution in [0.1, 0.15) is 32.1 Å². The van der Waals surface area contributed by atoms with E-state index in [0.717, 1.165) is 19.3 Å². The molecule has 18 heavy (non-hydrogen) atoms. The van der Waals surface area contributed by atoms with Gasteiger partial charge in [-0.05, 0) is 57.2 Å². The maximum atomic E-state index is 5.50. The summed E-state index contributed by atoms with van der Waals surface area (Å²) in [6.07, 6.45) is 6.79. The zero-order chi connectivity index (χ0) is 10.8. The number of rotatable bonds is 1. The molecule has 5 heteroatoms. The minimum atomic E-state index is 0. The molecule has 0 saturated carbocycles. The second-order valence-corrected chi connectivity index (χ2v) is 5.79. The van der Waals surface area contributed by atoms with Gasteiger partial charge in [0, 0.05) is 25.8 Å². The number of piperidine rings is 1. The predicted octanol–water partition coefficient (Wildman–Crippen LogP) is 2.08. The summed E-state index contributed by atoms with van der Waals surface area (Å²) in [6.45, 7) is 7.10. The summed E-state index contributed by atoms with van der Waals surface area (Å²) in [6, 6.07) is 0.831. The van der Waals surface area contributed by atoms with E-state index < -0.39 is 0 Å². The van der Waals surface area contributed by atoms with Gasteiger partial charge in [0.1, 0.15) is 0 Å². The minimum absolute atomic E-state index is 0. The number of hydrogen-bond donors (Lipinski definition) is 1. The fraction of sp³-hybridized carbons (Fsp3) is 1.00. The lowest BCUT2D eigenvalue weighted by molar-refractivity contribution is -0.0262. The third kappa shape index (κ3) is 3.51. The van der Waals surface area contributed by atoms with E-state index in [9.17, 15) is 0 Å². The first-order chi connectivity index (χ1) is 7.88. The van der Waals surface area contributed by atoms with Crippen molar-refractivity contribution in [1.82, 2.24) is 10.2 Å². The van der Waals surface area contributed by atoms with Crippen LogP contribution in [0.25, 0.3) is 0 Å². The van der Waals surface area contributed by atoms with Crippen LogP contribution < -0.4 is 5.32 Å². The van der Waals surface area contributed by atoms with Gasteiger partial charge < -0.3 is 10.1 Å². The fourth-order valence-electron chi connectivity index (χ4n) is 3.62. The first kappa shape index (κ1) is 16.5. The molecule has 3 aliphatic heterocycles. The molecule has 3 fully saturated rings. The van der Waals surface area contributed by atoms with Gasteiger partial charge in [0.2, 0.25) is 0 Å². The molecule has 0 unspecified atom stereocenters. The Hall–Kier alpha value is 0.460. The van der Waals surface area contributed by atoms with Gasteiger partial charge in [-0.1, -0.05) is 0 Å². The highest BCUT2D eigenvalue weighted by molar-refractivity contribution is 5.85. The highest BCUT2D eigenvalue weighted by Crippen LogP contribution is 2.41. The zero-order valence-electron chi connectivity index (χ0n) is 11.0. The Labute approximate surface area is 123 Å². The summed E-state index contributed by atoms with van der Waals surface area (Å²) in [5.41, 5.74) is 0.654. The van der Waals surface area contributed by atoms with E-state index in [4.69, 9.17) is 4.74 Å². The first-order valence-corrected chi connectivity index (χ1v) is 6.91. The molecule has 108 valence electrons. The predicted molar refractivity (Wildman–Crippen MR) is 79.1 cm³/mol. The zero-order valence-corrected chi connectivity index (χ0v) is 12.7. The van der Waals surface area contributed by atoms with Crippen LogP contribution >= 0.6 is 24.8 Å². The van der Waals surface area contributed by atoms with E-state index in [0.29, 0.717) is 5.41 Å². The van der Waals surface area contributed by atoms with Crippen molar-refractivity contribution in [2.24, 2.45) is 5.41 Å². The maximum absolute atomic E-state index is 5.50. The smallest absolute Gasteiger partial charge is 0.0471 e. The van der Waals surface area contributed by atoms with Crippen molar-refractivity contribution < 1.29 is 4.74 Å². The third-order valence-electron chi connectivity index (χ3n) is 4.96. The molecule has 0 bridgehead atoms. The standard InChI is InChI=1S/C13H24N2O.2ClH/c1-6-14-11-12(1)15-7-2-13(3-8-15)4-9-16-10-5-13;;/h12,14H,1-11H2;2*1H/t12-;;/m1../s1. The van der Waals surface area contributed by atoms with Crippen molar-refractivity contribution in [3.05, 3.63) is 0 Å². The number of nitrogens with one attached hydrogen (secondary N) is 1. The van der Waals surface area contributed by atoms with Gasteiger partial charge in [-0.2, -0.15) is 0 Å². The highest BCUT2D eigenvalue weighted by Gasteiger charge is 2.37. The molecule has 3 rings (SSSR count). The number of nitrogens with zero attached hydrogens (tertiary/aromatic N) is 1. The Morgan fingerprint density at radius 1 is 1.00 bits per heavy atom. The molecule has 0 aromatic rings. The largest absolute Gasteiger partial charge is 0.381 e. The Kier molecular flexibility index (Phi) is 6.70. The molecule has 1 atom stereocenters. The van der Waals surface area contributed by atoms with E-state index >= 15 is 0 Å². The Morgan fingerprint density at radius 2 is 1.67 bits per heavy atom. The normalized spacial score (nSPS) is 31.7. The van der Waals surface area contributed by atoms with E-state index in [2.05, 4.69) is 10.2 Å². The number of hydrogen-bond acceptors (Lipinski definition) is 3. The summed E-state index contributed by atoms with van der Waals surface area (Å²) in [7, 11) is 0. The summed E-state index contributed by atoms with van der Waals surface area (Å²) in [4.78, 5) is 2.72. The Balaban J connectivity index is 0.000000810. The number of likely N-dealkylation sites (tertiary alicyclic amines) is 1. The first-order valence-electron chi connectivity index (χ1n) is 6.91. The van der Waals surface area contributed by atoms with Gasteiger partial charge in [-0.25, -0.2) is 0 Å². The van der Waals surface area contributed by atoms with Crippen LogP contribution in [0.5, 0.6) is 0 Å². The molecule has 0 aromatic carbocycles. The lowest BCUT2D eigenvalue weighted by Gasteiger charge is -2.45.